The van der Waals surface area contributed by atoms with Crippen LogP contribution in [0.1, 0.15) is 12.2 Å². The van der Waals surface area contributed by atoms with Crippen LogP contribution < -0.4 is 0 Å². The second-order valence-corrected chi connectivity index (χ2v) is 3.80. The summed E-state index contributed by atoms with van der Waals surface area (Å²) in [6, 6.07) is 2.80. The number of nitro groups is 1. The van der Waals surface area contributed by atoms with E-state index in [1.54, 1.807) is 0 Å². The number of nitrogens with zero attached hydrogens (tertiary/aromatic N) is 1. The maximum absolute atomic E-state index is 10.3. The van der Waals surface area contributed by atoms with Crippen LogP contribution in [0.3, 0.4) is 0 Å². The van der Waals surface area contributed by atoms with E-state index in [4.69, 9.17) is 9.52 Å². The molecule has 1 N–H and O–H groups in total. The molecule has 0 aliphatic carbocycles. The summed E-state index contributed by atoms with van der Waals surface area (Å²) >= 11 is 1.36. The molecule has 0 radical (unpaired) electrons. The summed E-state index contributed by atoms with van der Waals surface area (Å²) in [6.45, 7) is 0. The van der Waals surface area contributed by atoms with Crippen LogP contribution in [0, 0.1) is 10.1 Å². The largest absolute Gasteiger partial charge is 0.481 e. The zero-order valence-electron chi connectivity index (χ0n) is 7.71. The minimum Gasteiger partial charge on any atom is -0.481 e. The number of furan rings is 1. The second-order valence-electron chi connectivity index (χ2n) is 2.69. The molecule has 6 nitrogen and oxygen atoms in total. The van der Waals surface area contributed by atoms with Crippen molar-refractivity contribution >= 4 is 23.6 Å². The SMILES string of the molecule is O=C(O)CCSCc1ccc([N+](=O)[O-])o1. The normalized spacial score (nSPS) is 10.1. The topological polar surface area (TPSA) is 93.6 Å². The number of carbonyl (C=O) groups is 1. The monoisotopic (exact) mass is 231 g/mol. The Morgan fingerprint density at radius 2 is 2.33 bits per heavy atom. The van der Waals surface area contributed by atoms with Crippen molar-refractivity contribution in [1.82, 2.24) is 0 Å². The van der Waals surface area contributed by atoms with Crippen LogP contribution in [0.15, 0.2) is 16.5 Å². The lowest BCUT2D eigenvalue weighted by molar-refractivity contribution is -0.402. The summed E-state index contributed by atoms with van der Waals surface area (Å²) < 4.78 is 4.88. The molecule has 0 spiro atoms. The molecule has 1 aromatic rings. The van der Waals surface area contributed by atoms with Gasteiger partial charge in [-0.3, -0.25) is 14.9 Å². The number of rotatable bonds is 6. The highest BCUT2D eigenvalue weighted by molar-refractivity contribution is 7.98. The van der Waals surface area contributed by atoms with Crippen molar-refractivity contribution in [1.29, 1.82) is 0 Å². The first-order chi connectivity index (χ1) is 7.09. The number of hydrogen-bond acceptors (Lipinski definition) is 5. The summed E-state index contributed by atoms with van der Waals surface area (Å²) in [7, 11) is 0. The zero-order chi connectivity index (χ0) is 11.3. The lowest BCUT2D eigenvalue weighted by atomic mass is 10.5. The second kappa shape index (κ2) is 5.40. The van der Waals surface area contributed by atoms with Crippen molar-refractivity contribution in [2.75, 3.05) is 5.75 Å². The van der Waals surface area contributed by atoms with Gasteiger partial charge in [-0.1, -0.05) is 0 Å². The third kappa shape index (κ3) is 4.03. The maximum atomic E-state index is 10.3. The van der Waals surface area contributed by atoms with Gasteiger partial charge in [0.2, 0.25) is 0 Å². The van der Waals surface area contributed by atoms with Gasteiger partial charge in [0.15, 0.2) is 0 Å². The van der Waals surface area contributed by atoms with Crippen molar-refractivity contribution in [3.63, 3.8) is 0 Å². The summed E-state index contributed by atoms with van der Waals surface area (Å²) in [5.41, 5.74) is 0. The lowest BCUT2D eigenvalue weighted by Crippen LogP contribution is -1.95. The van der Waals surface area contributed by atoms with Gasteiger partial charge < -0.3 is 9.52 Å². The van der Waals surface area contributed by atoms with E-state index in [1.165, 1.54) is 23.9 Å². The van der Waals surface area contributed by atoms with Gasteiger partial charge in [0.05, 0.1) is 18.2 Å². The van der Waals surface area contributed by atoms with Crippen LogP contribution in [0.25, 0.3) is 0 Å². The molecule has 0 unspecified atom stereocenters. The van der Waals surface area contributed by atoms with Gasteiger partial charge in [0.25, 0.3) is 0 Å². The Morgan fingerprint density at radius 3 is 2.87 bits per heavy atom. The number of thioether (sulfide) groups is 1. The molecule has 82 valence electrons. The molecular formula is C8H9NO5S. The van der Waals surface area contributed by atoms with Crippen LogP contribution in [0.2, 0.25) is 0 Å². The quantitative estimate of drug-likeness (QED) is 0.456. The predicted octanol–water partition coefficient (Wildman–Crippen LogP) is 1.90. The Kier molecular flexibility index (Phi) is 4.17. The molecule has 15 heavy (non-hydrogen) atoms. The molecule has 1 heterocycles. The Labute approximate surface area is 89.4 Å². The fourth-order valence-corrected chi connectivity index (χ4v) is 1.69. The van der Waals surface area contributed by atoms with Crippen molar-refractivity contribution < 1.29 is 19.2 Å². The standard InChI is InChI=1S/C8H9NO5S/c10-8(11)3-4-15-5-6-1-2-7(14-6)9(12)13/h1-2H,3-5H2,(H,10,11). The molecule has 0 saturated heterocycles. The van der Waals surface area contributed by atoms with E-state index in [-0.39, 0.29) is 12.3 Å². The highest BCUT2D eigenvalue weighted by Gasteiger charge is 2.11. The minimum absolute atomic E-state index is 0.0769. The Bertz CT molecular complexity index is 362. The van der Waals surface area contributed by atoms with Crippen LogP contribution in [-0.4, -0.2) is 21.8 Å². The fourth-order valence-electron chi connectivity index (χ4n) is 0.875. The van der Waals surface area contributed by atoms with Gasteiger partial charge in [0, 0.05) is 5.75 Å². The predicted molar refractivity (Wildman–Crippen MR) is 53.8 cm³/mol. The summed E-state index contributed by atoms with van der Waals surface area (Å²) in [4.78, 5) is 19.8. The molecule has 1 aromatic heterocycles. The molecule has 0 aliphatic rings. The molecule has 0 saturated carbocycles. The third-order valence-corrected chi connectivity index (χ3v) is 2.51. The number of hydrogen-bond donors (Lipinski definition) is 1. The van der Waals surface area contributed by atoms with Gasteiger partial charge in [-0.2, -0.15) is 11.8 Å². The average molecular weight is 231 g/mol. The third-order valence-electron chi connectivity index (χ3n) is 1.53. The Hall–Kier alpha value is -1.50. The molecule has 0 fully saturated rings. The first-order valence-corrected chi connectivity index (χ1v) is 5.27. The summed E-state index contributed by atoms with van der Waals surface area (Å²) in [6.07, 6.45) is 0.0769. The van der Waals surface area contributed by atoms with Crippen molar-refractivity contribution in [3.05, 3.63) is 28.0 Å². The zero-order valence-corrected chi connectivity index (χ0v) is 8.53. The van der Waals surface area contributed by atoms with Crippen LogP contribution in [0.5, 0.6) is 0 Å². The Balaban J connectivity index is 2.31. The summed E-state index contributed by atoms with van der Waals surface area (Å²) in [5.74, 6) is 0.249. The van der Waals surface area contributed by atoms with Crippen molar-refractivity contribution in [2.24, 2.45) is 0 Å². The van der Waals surface area contributed by atoms with Crippen molar-refractivity contribution in [3.8, 4) is 0 Å². The fraction of sp³-hybridized carbons (Fsp3) is 0.375. The molecule has 0 amide bonds. The highest BCUT2D eigenvalue weighted by atomic mass is 32.2. The van der Waals surface area contributed by atoms with Gasteiger partial charge in [0.1, 0.15) is 10.7 Å². The maximum Gasteiger partial charge on any atom is 0.433 e. The van der Waals surface area contributed by atoms with E-state index in [9.17, 15) is 14.9 Å². The molecule has 7 heteroatoms. The molecule has 0 aromatic carbocycles. The van der Waals surface area contributed by atoms with Crippen LogP contribution in [-0.2, 0) is 10.5 Å². The lowest BCUT2D eigenvalue weighted by Gasteiger charge is -1.95. The summed E-state index contributed by atoms with van der Waals surface area (Å²) in [5, 5.41) is 18.6. The average Bonchev–Trinajstić information content (AvgIpc) is 2.60. The van der Waals surface area contributed by atoms with E-state index >= 15 is 0 Å². The van der Waals surface area contributed by atoms with E-state index in [0.717, 1.165) is 0 Å². The molecule has 1 rings (SSSR count). The van der Waals surface area contributed by atoms with E-state index in [1.807, 2.05) is 0 Å². The smallest absolute Gasteiger partial charge is 0.433 e. The highest BCUT2D eigenvalue weighted by Crippen LogP contribution is 2.20. The Morgan fingerprint density at radius 1 is 1.60 bits per heavy atom. The van der Waals surface area contributed by atoms with Gasteiger partial charge in [-0.05, 0) is 6.07 Å². The molecular weight excluding hydrogens is 222 g/mol. The van der Waals surface area contributed by atoms with Gasteiger partial charge in [-0.15, -0.1) is 0 Å². The van der Waals surface area contributed by atoms with E-state index in [2.05, 4.69) is 0 Å². The first kappa shape index (κ1) is 11.6. The number of aliphatic carboxylic acids is 1. The molecule has 0 bridgehead atoms. The molecule has 0 aliphatic heterocycles. The van der Waals surface area contributed by atoms with Gasteiger partial charge >= 0.3 is 11.9 Å². The van der Waals surface area contributed by atoms with Crippen LogP contribution in [0.4, 0.5) is 5.88 Å². The minimum atomic E-state index is -0.854. The van der Waals surface area contributed by atoms with E-state index < -0.39 is 10.9 Å². The molecule has 0 atom stereocenters. The number of carboxylic acid groups (broad SMARTS) is 1. The van der Waals surface area contributed by atoms with Crippen molar-refractivity contribution in [2.45, 2.75) is 12.2 Å². The number of carboxylic acids is 1. The van der Waals surface area contributed by atoms with E-state index in [0.29, 0.717) is 17.3 Å². The first-order valence-electron chi connectivity index (χ1n) is 4.12. The van der Waals surface area contributed by atoms with Gasteiger partial charge in [-0.25, -0.2) is 0 Å². The van der Waals surface area contributed by atoms with Crippen LogP contribution >= 0.6 is 11.8 Å².